The standard InChI is InChI=1S/C32H30N4O3S/c1-19-8-4-5-13-29(19)40-18-22-15-25(21(3)14-20(22)2)30-26(17-33)32(34)35(27-11-7-12-28(37)31(27)30)23-9-6-10-24(16-23)36(38)39/h4-6,8-10,13-16,30H,7,11-12,18,34H2,1-3H3. The Hall–Kier alpha value is -4.35. The van der Waals surface area contributed by atoms with E-state index in [1.165, 1.54) is 22.6 Å². The van der Waals surface area contributed by atoms with E-state index in [0.29, 0.717) is 36.2 Å². The van der Waals surface area contributed by atoms with E-state index in [2.05, 4.69) is 44.2 Å². The highest BCUT2D eigenvalue weighted by molar-refractivity contribution is 7.98. The van der Waals surface area contributed by atoms with Crippen molar-refractivity contribution in [1.29, 1.82) is 5.26 Å². The molecule has 0 spiro atoms. The summed E-state index contributed by atoms with van der Waals surface area (Å²) in [5.41, 5.74) is 14.0. The molecule has 3 aromatic rings. The van der Waals surface area contributed by atoms with Gasteiger partial charge in [0.25, 0.3) is 5.69 Å². The molecule has 3 aromatic carbocycles. The highest BCUT2D eigenvalue weighted by atomic mass is 32.2. The largest absolute Gasteiger partial charge is 0.384 e. The van der Waals surface area contributed by atoms with Gasteiger partial charge < -0.3 is 5.73 Å². The van der Waals surface area contributed by atoms with Gasteiger partial charge in [-0.15, -0.1) is 11.8 Å². The molecule has 0 fully saturated rings. The predicted octanol–water partition coefficient (Wildman–Crippen LogP) is 7.12. The van der Waals surface area contributed by atoms with Crippen LogP contribution >= 0.6 is 11.8 Å². The van der Waals surface area contributed by atoms with Crippen LogP contribution < -0.4 is 10.6 Å². The van der Waals surface area contributed by atoms with E-state index in [1.54, 1.807) is 28.8 Å². The second kappa shape index (κ2) is 11.0. The van der Waals surface area contributed by atoms with E-state index in [4.69, 9.17) is 5.73 Å². The number of nitriles is 1. The molecule has 0 aromatic heterocycles. The molecule has 0 saturated carbocycles. The molecule has 40 heavy (non-hydrogen) atoms. The van der Waals surface area contributed by atoms with E-state index >= 15 is 0 Å². The second-order valence-corrected chi connectivity index (χ2v) is 11.3. The summed E-state index contributed by atoms with van der Waals surface area (Å²) in [5, 5.41) is 21.9. The maximum atomic E-state index is 13.6. The molecular weight excluding hydrogens is 520 g/mol. The Morgan fingerprint density at radius 3 is 2.55 bits per heavy atom. The van der Waals surface area contributed by atoms with Gasteiger partial charge in [-0.1, -0.05) is 36.4 Å². The number of hydrogen-bond acceptors (Lipinski definition) is 7. The van der Waals surface area contributed by atoms with Crippen LogP contribution in [0.1, 0.15) is 53.0 Å². The molecule has 2 N–H and O–H groups in total. The number of anilines is 1. The molecule has 0 radical (unpaired) electrons. The van der Waals surface area contributed by atoms with Crippen molar-refractivity contribution in [3.8, 4) is 6.07 Å². The highest BCUT2D eigenvalue weighted by Crippen LogP contribution is 2.47. The fraction of sp³-hybridized carbons (Fsp3) is 0.250. The number of carbonyl (C=O) groups excluding carboxylic acids is 1. The van der Waals surface area contributed by atoms with Gasteiger partial charge in [0, 0.05) is 40.5 Å². The lowest BCUT2D eigenvalue weighted by Gasteiger charge is -2.40. The van der Waals surface area contributed by atoms with Gasteiger partial charge in [0.1, 0.15) is 5.82 Å². The minimum Gasteiger partial charge on any atom is -0.384 e. The second-order valence-electron chi connectivity index (χ2n) is 10.3. The molecule has 202 valence electrons. The summed E-state index contributed by atoms with van der Waals surface area (Å²) in [7, 11) is 0. The van der Waals surface area contributed by atoms with Crippen molar-refractivity contribution < 1.29 is 9.72 Å². The number of non-ortho nitro benzene ring substituents is 1. The Labute approximate surface area is 238 Å². The summed E-state index contributed by atoms with van der Waals surface area (Å²) in [6.07, 6.45) is 1.62. The molecule has 1 heterocycles. The Bertz CT molecular complexity index is 1650. The van der Waals surface area contributed by atoms with Crippen LogP contribution in [0.15, 0.2) is 88.2 Å². The number of rotatable bonds is 6. The smallest absolute Gasteiger partial charge is 0.271 e. The Balaban J connectivity index is 1.64. The Morgan fingerprint density at radius 1 is 1.05 bits per heavy atom. The molecule has 1 aliphatic carbocycles. The summed E-state index contributed by atoms with van der Waals surface area (Å²) in [4.78, 5) is 27.5. The van der Waals surface area contributed by atoms with Crippen LogP contribution in [0.4, 0.5) is 11.4 Å². The van der Waals surface area contributed by atoms with Gasteiger partial charge in [0.05, 0.1) is 28.2 Å². The number of carbonyl (C=O) groups is 1. The maximum absolute atomic E-state index is 13.6. The fourth-order valence-electron chi connectivity index (χ4n) is 5.69. The lowest BCUT2D eigenvalue weighted by molar-refractivity contribution is -0.384. The number of allylic oxidation sites excluding steroid dienone is 3. The summed E-state index contributed by atoms with van der Waals surface area (Å²) in [6, 6.07) is 21.0. The zero-order valence-electron chi connectivity index (χ0n) is 22.7. The molecular formula is C32H30N4O3S. The summed E-state index contributed by atoms with van der Waals surface area (Å²) >= 11 is 1.76. The number of nitro groups is 1. The minimum atomic E-state index is -0.592. The van der Waals surface area contributed by atoms with E-state index in [1.807, 2.05) is 19.1 Å². The minimum absolute atomic E-state index is 0.0160. The van der Waals surface area contributed by atoms with Gasteiger partial charge in [0.15, 0.2) is 5.78 Å². The van der Waals surface area contributed by atoms with Crippen LogP contribution in [0.25, 0.3) is 0 Å². The third-order valence-electron chi connectivity index (χ3n) is 7.72. The number of ketones is 1. The Kier molecular flexibility index (Phi) is 7.51. The van der Waals surface area contributed by atoms with Crippen LogP contribution in [0.5, 0.6) is 0 Å². The number of hydrogen-bond donors (Lipinski definition) is 1. The molecule has 0 bridgehead atoms. The molecule has 1 aliphatic heterocycles. The fourth-order valence-corrected chi connectivity index (χ4v) is 6.79. The number of nitro benzene ring substituents is 1. The van der Waals surface area contributed by atoms with E-state index in [0.717, 1.165) is 28.0 Å². The lowest BCUT2D eigenvalue weighted by atomic mass is 9.74. The zero-order chi connectivity index (χ0) is 28.6. The third kappa shape index (κ3) is 4.89. The SMILES string of the molecule is Cc1cc(C)c(C2C(C#N)=C(N)N(c3cccc([N+](=O)[O-])c3)C3=C2C(=O)CCC3)cc1CSc1ccccc1C. The molecule has 5 rings (SSSR count). The number of Topliss-reactive ketones (excluding diaryl/α,β-unsaturated/α-hetero) is 1. The molecule has 2 aliphatic rings. The van der Waals surface area contributed by atoms with Gasteiger partial charge in [-0.25, -0.2) is 0 Å². The molecule has 0 saturated heterocycles. The first-order chi connectivity index (χ1) is 19.2. The predicted molar refractivity (Wildman–Crippen MR) is 158 cm³/mol. The third-order valence-corrected chi connectivity index (χ3v) is 8.95. The van der Waals surface area contributed by atoms with Gasteiger partial charge in [-0.05, 0) is 73.6 Å². The van der Waals surface area contributed by atoms with Crippen LogP contribution in [0.2, 0.25) is 0 Å². The molecule has 1 unspecified atom stereocenters. The molecule has 7 nitrogen and oxygen atoms in total. The van der Waals surface area contributed by atoms with Crippen molar-refractivity contribution >= 4 is 28.9 Å². The van der Waals surface area contributed by atoms with E-state index in [9.17, 15) is 20.2 Å². The molecule has 0 amide bonds. The van der Waals surface area contributed by atoms with Crippen LogP contribution in [0.3, 0.4) is 0 Å². The normalized spacial score (nSPS) is 17.1. The quantitative estimate of drug-likeness (QED) is 0.197. The summed E-state index contributed by atoms with van der Waals surface area (Å²) < 4.78 is 0. The summed E-state index contributed by atoms with van der Waals surface area (Å²) in [5.74, 6) is 0.345. The van der Waals surface area contributed by atoms with Crippen molar-refractivity contribution in [3.63, 3.8) is 0 Å². The zero-order valence-corrected chi connectivity index (χ0v) is 23.5. The van der Waals surface area contributed by atoms with Crippen molar-refractivity contribution in [2.75, 3.05) is 4.90 Å². The van der Waals surface area contributed by atoms with Crippen molar-refractivity contribution in [1.82, 2.24) is 0 Å². The van der Waals surface area contributed by atoms with Crippen molar-refractivity contribution in [2.24, 2.45) is 5.73 Å². The first kappa shape index (κ1) is 27.2. The van der Waals surface area contributed by atoms with Gasteiger partial charge >= 0.3 is 0 Å². The average Bonchev–Trinajstić information content (AvgIpc) is 2.93. The van der Waals surface area contributed by atoms with Gasteiger partial charge in [0.2, 0.25) is 0 Å². The van der Waals surface area contributed by atoms with Gasteiger partial charge in [-0.3, -0.25) is 19.8 Å². The van der Waals surface area contributed by atoms with Gasteiger partial charge in [-0.2, -0.15) is 5.26 Å². The van der Waals surface area contributed by atoms with Crippen LogP contribution in [-0.4, -0.2) is 10.7 Å². The first-order valence-electron chi connectivity index (χ1n) is 13.2. The Morgan fingerprint density at radius 2 is 1.82 bits per heavy atom. The monoisotopic (exact) mass is 550 g/mol. The topological polar surface area (TPSA) is 113 Å². The number of nitrogens with zero attached hydrogens (tertiary/aromatic N) is 3. The number of thioether (sulfide) groups is 1. The molecule has 8 heteroatoms. The van der Waals surface area contributed by atoms with E-state index in [-0.39, 0.29) is 22.9 Å². The van der Waals surface area contributed by atoms with Crippen LogP contribution in [0, 0.1) is 42.2 Å². The van der Waals surface area contributed by atoms with Crippen molar-refractivity contribution in [2.45, 2.75) is 56.6 Å². The highest BCUT2D eigenvalue weighted by Gasteiger charge is 2.41. The van der Waals surface area contributed by atoms with E-state index < -0.39 is 10.8 Å². The lowest BCUT2D eigenvalue weighted by Crippen LogP contribution is -2.39. The van der Waals surface area contributed by atoms with Crippen LogP contribution in [-0.2, 0) is 10.5 Å². The number of aryl methyl sites for hydroxylation is 3. The number of benzene rings is 3. The maximum Gasteiger partial charge on any atom is 0.271 e. The number of nitrogens with two attached hydrogens (primary N) is 1. The summed E-state index contributed by atoms with van der Waals surface area (Å²) in [6.45, 7) is 6.19. The average molecular weight is 551 g/mol. The molecule has 1 atom stereocenters. The first-order valence-corrected chi connectivity index (χ1v) is 14.2. The van der Waals surface area contributed by atoms with Crippen molar-refractivity contribution in [3.05, 3.63) is 121 Å².